The van der Waals surface area contributed by atoms with E-state index in [1.165, 1.54) is 0 Å². The van der Waals surface area contributed by atoms with Crippen LogP contribution >= 0.6 is 0 Å². The molecule has 0 unspecified atom stereocenters. The summed E-state index contributed by atoms with van der Waals surface area (Å²) < 4.78 is 169. The molecule has 0 heterocycles. The van der Waals surface area contributed by atoms with E-state index in [4.69, 9.17) is 30.2 Å². The van der Waals surface area contributed by atoms with Crippen LogP contribution in [0, 0.1) is 0 Å². The molecule has 0 atom stereocenters. The fourth-order valence-electron chi connectivity index (χ4n) is 0.264. The minimum atomic E-state index is -4.68. The molecule has 0 N–H and O–H groups in total. The zero-order valence-corrected chi connectivity index (χ0v) is 6.32. The number of carbonyl (C=O) groups excluding carboxylic acids is 1. The van der Waals surface area contributed by atoms with Crippen LogP contribution in [0.4, 0.5) is 0 Å². The van der Waals surface area contributed by atoms with Crippen LogP contribution < -0.4 is 0 Å². The summed E-state index contributed by atoms with van der Waals surface area (Å²) in [6.07, 6.45) is -36.1. The van der Waals surface area contributed by atoms with Crippen molar-refractivity contribution in [3.8, 4) is 0 Å². The molecule has 2 nitrogen and oxygen atoms in total. The summed E-state index contributed by atoms with van der Waals surface area (Å²) in [5.74, 6) is -2.56. The number of ether oxygens (including phenoxy) is 1. The van der Waals surface area contributed by atoms with Crippen molar-refractivity contribution in [1.29, 1.82) is 0 Å². The Balaban J connectivity index is 6.94. The molecular formula is C11H22O2. The standard InChI is InChI=1S/C11H22O2/c1-3-4-5-6-7-8-9-10-11(12)13-2/h3-10H2,1-2H3/i1D3,2D3,3D2,4D2,5D2,6D2,7D2,8D2,9D2,10D2. The predicted molar refractivity (Wildman–Crippen MR) is 54.6 cm³/mol. The van der Waals surface area contributed by atoms with Crippen LogP contribution in [-0.2, 0) is 9.53 Å². The van der Waals surface area contributed by atoms with Crippen molar-refractivity contribution in [2.45, 2.75) is 57.8 Å². The molecule has 0 aliphatic carbocycles. The largest absolute Gasteiger partial charge is 0.469 e. The Kier molecular flexibility index (Phi) is 1.08. The first-order valence-corrected chi connectivity index (χ1v) is 2.86. The van der Waals surface area contributed by atoms with Crippen LogP contribution in [0.15, 0.2) is 0 Å². The fraction of sp³-hybridized carbons (Fsp3) is 0.909. The Labute approximate surface area is 113 Å². The van der Waals surface area contributed by atoms with E-state index in [2.05, 4.69) is 4.74 Å². The third kappa shape index (κ3) is 9.38. The number of methoxy groups -OCH3 is 1. The van der Waals surface area contributed by atoms with Crippen molar-refractivity contribution in [1.82, 2.24) is 0 Å². The lowest BCUT2D eigenvalue weighted by molar-refractivity contribution is -0.140. The van der Waals surface area contributed by atoms with Gasteiger partial charge < -0.3 is 4.74 Å². The van der Waals surface area contributed by atoms with Gasteiger partial charge in [0.25, 0.3) is 0 Å². The maximum Gasteiger partial charge on any atom is 0.305 e. The van der Waals surface area contributed by atoms with Gasteiger partial charge in [-0.2, -0.15) is 0 Å². The van der Waals surface area contributed by atoms with E-state index in [1.807, 2.05) is 0 Å². The first-order valence-electron chi connectivity index (χ1n) is 13.9. The van der Waals surface area contributed by atoms with E-state index in [-0.39, 0.29) is 0 Å². The van der Waals surface area contributed by atoms with E-state index in [0.717, 1.165) is 0 Å². The van der Waals surface area contributed by atoms with E-state index in [0.29, 0.717) is 0 Å². The van der Waals surface area contributed by atoms with Crippen molar-refractivity contribution in [2.75, 3.05) is 7.04 Å². The van der Waals surface area contributed by atoms with Crippen LogP contribution in [0.1, 0.15) is 88.0 Å². The van der Waals surface area contributed by atoms with Gasteiger partial charge >= 0.3 is 5.97 Å². The average Bonchev–Trinajstić information content (AvgIpc) is 2.57. The van der Waals surface area contributed by atoms with E-state index in [9.17, 15) is 4.79 Å². The first kappa shape index (κ1) is 1.46. The number of carbonyl (C=O) groups is 1. The smallest absolute Gasteiger partial charge is 0.305 e. The van der Waals surface area contributed by atoms with Gasteiger partial charge in [0.1, 0.15) is 0 Å². The molecule has 0 fully saturated rings. The topological polar surface area (TPSA) is 26.3 Å². The Morgan fingerprint density at radius 3 is 2.62 bits per heavy atom. The van der Waals surface area contributed by atoms with Crippen molar-refractivity contribution in [3.63, 3.8) is 0 Å². The van der Waals surface area contributed by atoms with Crippen molar-refractivity contribution in [3.05, 3.63) is 0 Å². The number of hydrogen-bond donors (Lipinski definition) is 0. The molecule has 0 bridgehead atoms. The maximum absolute atomic E-state index is 11.9. The minimum Gasteiger partial charge on any atom is -0.469 e. The molecule has 0 aromatic rings. The van der Waals surface area contributed by atoms with Gasteiger partial charge in [0.05, 0.1) is 11.2 Å². The highest BCUT2D eigenvalue weighted by molar-refractivity contribution is 5.68. The van der Waals surface area contributed by atoms with Crippen LogP contribution in [0.5, 0.6) is 0 Å². The molecular weight excluding hydrogens is 164 g/mol. The highest BCUT2D eigenvalue weighted by Crippen LogP contribution is 2.08. The first-order chi connectivity index (χ1) is 14.6. The number of hydrogen-bond acceptors (Lipinski definition) is 2. The van der Waals surface area contributed by atoms with Gasteiger partial charge in [0.2, 0.25) is 0 Å². The van der Waals surface area contributed by atoms with Gasteiger partial charge in [0, 0.05) is 32.4 Å². The Hall–Kier alpha value is -0.530. The molecule has 0 aliphatic rings. The van der Waals surface area contributed by atoms with Gasteiger partial charge in [0.15, 0.2) is 0 Å². The molecule has 0 rings (SSSR count). The molecule has 2 heteroatoms. The van der Waals surface area contributed by atoms with Crippen molar-refractivity contribution in [2.24, 2.45) is 0 Å². The Morgan fingerprint density at radius 1 is 1.23 bits per heavy atom. The lowest BCUT2D eigenvalue weighted by atomic mass is 10.1. The third-order valence-corrected chi connectivity index (χ3v) is 0.632. The van der Waals surface area contributed by atoms with Gasteiger partial charge in [-0.25, -0.2) is 0 Å². The second-order valence-electron chi connectivity index (χ2n) is 1.39. The van der Waals surface area contributed by atoms with E-state index >= 15 is 0 Å². The predicted octanol–water partition coefficient (Wildman–Crippen LogP) is 3.30. The SMILES string of the molecule is [2H]C([2H])([2H])OC(=O)C([2H])([2H])C([2H])([2H])C([2H])([2H])C([2H])([2H])C([2H])([2H])C([2H])([2H])C([2H])([2H])C([2H])([2H])C([2H])([2H])[2H]. The third-order valence-electron chi connectivity index (χ3n) is 0.632. The molecule has 0 saturated carbocycles. The highest BCUT2D eigenvalue weighted by Gasteiger charge is 1.98. The van der Waals surface area contributed by atoms with E-state index in [1.54, 1.807) is 0 Å². The molecule has 0 aliphatic heterocycles. The van der Waals surface area contributed by atoms with Crippen molar-refractivity contribution < 1.29 is 39.7 Å². The van der Waals surface area contributed by atoms with Gasteiger partial charge in [-0.15, -0.1) is 0 Å². The quantitative estimate of drug-likeness (QED) is 0.572. The second-order valence-corrected chi connectivity index (χ2v) is 1.39. The highest BCUT2D eigenvalue weighted by atomic mass is 16.5. The molecule has 0 spiro atoms. The molecule has 0 radical (unpaired) electrons. The molecule has 0 saturated heterocycles. The summed E-state index contributed by atoms with van der Waals surface area (Å²) >= 11 is 0. The Morgan fingerprint density at radius 2 is 1.92 bits per heavy atom. The van der Waals surface area contributed by atoms with Gasteiger partial charge in [-0.1, -0.05) is 45.1 Å². The van der Waals surface area contributed by atoms with E-state index < -0.39 is 70.8 Å². The summed E-state index contributed by atoms with van der Waals surface area (Å²) in [5.41, 5.74) is 0. The monoisotopic (exact) mass is 208 g/mol. The molecule has 78 valence electrons. The van der Waals surface area contributed by atoms with Gasteiger partial charge in [-0.05, 0) is 6.37 Å². The summed E-state index contributed by atoms with van der Waals surface area (Å²) in [7, 11) is -3.66. The average molecular weight is 208 g/mol. The lowest BCUT2D eigenvalue weighted by Crippen LogP contribution is -1.99. The summed E-state index contributed by atoms with van der Waals surface area (Å²) in [6.45, 7) is -3.95. The zero-order valence-electron chi connectivity index (χ0n) is 28.3. The van der Waals surface area contributed by atoms with Crippen LogP contribution in [-0.4, -0.2) is 13.0 Å². The fourth-order valence-corrected chi connectivity index (χ4v) is 0.264. The number of rotatable bonds is 8. The van der Waals surface area contributed by atoms with Gasteiger partial charge in [-0.3, -0.25) is 4.79 Å². The summed E-state index contributed by atoms with van der Waals surface area (Å²) in [4.78, 5) is 11.9. The Bertz CT molecular complexity index is 799. The minimum absolute atomic E-state index is 2.56. The zero-order chi connectivity index (χ0) is 29.3. The molecule has 0 amide bonds. The summed E-state index contributed by atoms with van der Waals surface area (Å²) in [6, 6.07) is 0. The lowest BCUT2D eigenvalue weighted by Gasteiger charge is -2.00. The molecule has 0 aromatic carbocycles. The van der Waals surface area contributed by atoms with Crippen LogP contribution in [0.2, 0.25) is 0 Å². The maximum atomic E-state index is 11.9. The van der Waals surface area contributed by atoms with Crippen LogP contribution in [0.3, 0.4) is 0 Å². The number of esters is 1. The molecule has 13 heavy (non-hydrogen) atoms. The second kappa shape index (κ2) is 9.56. The molecule has 0 aromatic heterocycles. The normalized spacial score (nSPS) is 45.8. The summed E-state index contributed by atoms with van der Waals surface area (Å²) in [5, 5.41) is 0. The van der Waals surface area contributed by atoms with Crippen molar-refractivity contribution >= 4 is 5.97 Å². The van der Waals surface area contributed by atoms with Crippen LogP contribution in [0.25, 0.3) is 0 Å².